The molecule has 5 rings (SSSR count). The van der Waals surface area contributed by atoms with Gasteiger partial charge in [0.25, 0.3) is 0 Å². The van der Waals surface area contributed by atoms with Crippen LogP contribution < -0.4 is 0 Å². The van der Waals surface area contributed by atoms with Crippen LogP contribution in [0.25, 0.3) is 16.7 Å². The predicted molar refractivity (Wildman–Crippen MR) is 134 cm³/mol. The number of para-hydroxylation sites is 2. The summed E-state index contributed by atoms with van der Waals surface area (Å²) in [6, 6.07) is 17.3. The lowest BCUT2D eigenvalue weighted by atomic mass is 10.1. The van der Waals surface area contributed by atoms with Gasteiger partial charge in [-0.25, -0.2) is 14.6 Å². The van der Waals surface area contributed by atoms with Crippen LogP contribution in [0, 0.1) is 0 Å². The Morgan fingerprint density at radius 3 is 1.94 bits per heavy atom. The van der Waals surface area contributed by atoms with Crippen LogP contribution in [0.15, 0.2) is 54.9 Å². The van der Waals surface area contributed by atoms with Crippen LogP contribution in [0.1, 0.15) is 18.4 Å². The molecule has 2 fully saturated rings. The molecule has 0 radical (unpaired) electrons. The fourth-order valence-electron chi connectivity index (χ4n) is 4.65. The van der Waals surface area contributed by atoms with Gasteiger partial charge in [-0.3, -0.25) is 14.4 Å². The number of fused-ring (bicyclic) bond motifs is 1. The highest BCUT2D eigenvalue weighted by atomic mass is 16.4. The highest BCUT2D eigenvalue weighted by molar-refractivity contribution is 6.27. The number of hydrogen-bond acceptors (Lipinski definition) is 6. The number of nitrogens with zero attached hydrogens (tertiary/aromatic N) is 5. The number of aliphatic carboxylic acids is 2. The third kappa shape index (κ3) is 6.88. The van der Waals surface area contributed by atoms with Crippen molar-refractivity contribution in [1.82, 2.24) is 24.3 Å². The van der Waals surface area contributed by atoms with Gasteiger partial charge in [0.15, 0.2) is 0 Å². The van der Waals surface area contributed by atoms with Crippen LogP contribution in [0.5, 0.6) is 0 Å². The molecule has 3 aromatic rings. The van der Waals surface area contributed by atoms with E-state index in [-0.39, 0.29) is 0 Å². The predicted octanol–water partition coefficient (Wildman–Crippen LogP) is 2.39. The maximum atomic E-state index is 9.10. The number of carboxylic acid groups (broad SMARTS) is 2. The second-order valence-electron chi connectivity index (χ2n) is 9.05. The summed E-state index contributed by atoms with van der Waals surface area (Å²) in [5, 5.41) is 14.8. The van der Waals surface area contributed by atoms with E-state index in [1.807, 2.05) is 12.4 Å². The lowest BCUT2D eigenvalue weighted by Crippen LogP contribution is -2.47. The molecule has 1 aromatic heterocycles. The van der Waals surface area contributed by atoms with Gasteiger partial charge in [-0.1, -0.05) is 24.3 Å². The van der Waals surface area contributed by atoms with Crippen LogP contribution in [0.2, 0.25) is 0 Å². The maximum absolute atomic E-state index is 9.10. The van der Waals surface area contributed by atoms with Gasteiger partial charge >= 0.3 is 11.9 Å². The molecule has 0 saturated carbocycles. The molecule has 35 heavy (non-hydrogen) atoms. The summed E-state index contributed by atoms with van der Waals surface area (Å²) in [5.41, 5.74) is 4.77. The van der Waals surface area contributed by atoms with E-state index in [4.69, 9.17) is 19.8 Å². The number of benzene rings is 2. The standard InChI is InChI=1S/C24H31N5.C2H2O4/c1-2-6-24-23(5-1)25-20-29(24)22-9-7-21(8-10-22)19-28-17-15-27(16-18-28)14-13-26-11-3-4-12-26;3-1(4)2(5)6/h1-2,5-10,20H,3-4,11-19H2;(H,3,4)(H,5,6). The van der Waals surface area contributed by atoms with Crippen molar-refractivity contribution in [2.75, 3.05) is 52.4 Å². The first-order valence-corrected chi connectivity index (χ1v) is 12.1. The summed E-state index contributed by atoms with van der Waals surface area (Å²) < 4.78 is 2.16. The Hall–Kier alpha value is -3.27. The Labute approximate surface area is 205 Å². The van der Waals surface area contributed by atoms with Crippen molar-refractivity contribution in [1.29, 1.82) is 0 Å². The zero-order valence-corrected chi connectivity index (χ0v) is 19.9. The van der Waals surface area contributed by atoms with E-state index in [2.05, 4.69) is 66.7 Å². The quantitative estimate of drug-likeness (QED) is 0.520. The molecule has 2 aromatic carbocycles. The molecule has 2 aliphatic rings. The molecule has 9 nitrogen and oxygen atoms in total. The van der Waals surface area contributed by atoms with Crippen LogP contribution in [0.4, 0.5) is 0 Å². The van der Waals surface area contributed by atoms with E-state index >= 15 is 0 Å². The molecule has 2 N–H and O–H groups in total. The van der Waals surface area contributed by atoms with Gasteiger partial charge in [-0.15, -0.1) is 0 Å². The first kappa shape index (κ1) is 24.8. The SMILES string of the molecule is O=C(O)C(=O)O.c1ccc2c(c1)ncn2-c1ccc(CN2CCN(CCN3CCCC3)CC2)cc1. The van der Waals surface area contributed by atoms with Crippen LogP contribution in [-0.2, 0) is 16.1 Å². The molecule has 0 aliphatic carbocycles. The monoisotopic (exact) mass is 479 g/mol. The second-order valence-corrected chi connectivity index (χ2v) is 9.05. The fourth-order valence-corrected chi connectivity index (χ4v) is 4.65. The average Bonchev–Trinajstić information content (AvgIpc) is 3.55. The van der Waals surface area contributed by atoms with Crippen molar-refractivity contribution >= 4 is 23.0 Å². The molecule has 186 valence electrons. The summed E-state index contributed by atoms with van der Waals surface area (Å²) >= 11 is 0. The molecule has 0 unspecified atom stereocenters. The van der Waals surface area contributed by atoms with E-state index < -0.39 is 11.9 Å². The number of piperazine rings is 1. The van der Waals surface area contributed by atoms with Gasteiger partial charge < -0.3 is 15.1 Å². The molecule has 9 heteroatoms. The molecule has 3 heterocycles. The number of rotatable bonds is 6. The number of likely N-dealkylation sites (tertiary alicyclic amines) is 1. The average molecular weight is 480 g/mol. The van der Waals surface area contributed by atoms with E-state index in [0.29, 0.717) is 0 Å². The molecule has 0 amide bonds. The third-order valence-electron chi connectivity index (χ3n) is 6.65. The van der Waals surface area contributed by atoms with Gasteiger partial charge in [-0.05, 0) is 55.8 Å². The number of hydrogen-bond donors (Lipinski definition) is 2. The largest absolute Gasteiger partial charge is 0.473 e. The summed E-state index contributed by atoms with van der Waals surface area (Å²) in [6.45, 7) is 10.9. The van der Waals surface area contributed by atoms with Gasteiger partial charge in [0, 0.05) is 51.5 Å². The maximum Gasteiger partial charge on any atom is 0.414 e. The van der Waals surface area contributed by atoms with Gasteiger partial charge in [0.1, 0.15) is 6.33 Å². The first-order chi connectivity index (χ1) is 17.0. The van der Waals surface area contributed by atoms with Gasteiger partial charge in [0.2, 0.25) is 0 Å². The normalized spacial score (nSPS) is 17.3. The van der Waals surface area contributed by atoms with E-state index in [0.717, 1.165) is 17.6 Å². The summed E-state index contributed by atoms with van der Waals surface area (Å²) in [6.07, 6.45) is 4.70. The van der Waals surface area contributed by atoms with Gasteiger partial charge in [-0.2, -0.15) is 0 Å². The minimum absolute atomic E-state index is 1.04. The Morgan fingerprint density at radius 2 is 1.31 bits per heavy atom. The van der Waals surface area contributed by atoms with Crippen molar-refractivity contribution in [3.63, 3.8) is 0 Å². The zero-order valence-electron chi connectivity index (χ0n) is 19.9. The molecule has 0 bridgehead atoms. The minimum atomic E-state index is -1.82. The number of aromatic nitrogens is 2. The number of carboxylic acids is 2. The van der Waals surface area contributed by atoms with Crippen LogP contribution >= 0.6 is 0 Å². The highest BCUT2D eigenvalue weighted by Crippen LogP contribution is 2.19. The Balaban J connectivity index is 0.000000431. The molecular formula is C26H33N5O4. The smallest absolute Gasteiger partial charge is 0.414 e. The van der Waals surface area contributed by atoms with Crippen molar-refractivity contribution in [2.45, 2.75) is 19.4 Å². The van der Waals surface area contributed by atoms with Crippen LogP contribution in [0.3, 0.4) is 0 Å². The van der Waals surface area contributed by atoms with Crippen molar-refractivity contribution in [3.8, 4) is 5.69 Å². The van der Waals surface area contributed by atoms with E-state index in [1.54, 1.807) is 0 Å². The summed E-state index contributed by atoms with van der Waals surface area (Å²) in [7, 11) is 0. The molecular weight excluding hydrogens is 446 g/mol. The Morgan fingerprint density at radius 1 is 0.743 bits per heavy atom. The number of imidazole rings is 1. The minimum Gasteiger partial charge on any atom is -0.473 e. The molecule has 2 aliphatic heterocycles. The van der Waals surface area contributed by atoms with Gasteiger partial charge in [0.05, 0.1) is 11.0 Å². The third-order valence-corrected chi connectivity index (χ3v) is 6.65. The fraction of sp³-hybridized carbons (Fsp3) is 0.423. The Kier molecular flexibility index (Phi) is 8.46. The molecule has 0 spiro atoms. The topological polar surface area (TPSA) is 102 Å². The van der Waals surface area contributed by atoms with Crippen molar-refractivity contribution < 1.29 is 19.8 Å². The molecule has 0 atom stereocenters. The second kappa shape index (κ2) is 11.9. The van der Waals surface area contributed by atoms with Crippen molar-refractivity contribution in [2.24, 2.45) is 0 Å². The van der Waals surface area contributed by atoms with Crippen LogP contribution in [-0.4, -0.2) is 98.8 Å². The lowest BCUT2D eigenvalue weighted by molar-refractivity contribution is -0.159. The molecule has 2 saturated heterocycles. The van der Waals surface area contributed by atoms with E-state index in [1.165, 1.54) is 76.5 Å². The lowest BCUT2D eigenvalue weighted by Gasteiger charge is -2.35. The number of carbonyl (C=O) groups is 2. The summed E-state index contributed by atoms with van der Waals surface area (Å²) in [5.74, 6) is -3.65. The first-order valence-electron chi connectivity index (χ1n) is 12.1. The van der Waals surface area contributed by atoms with Crippen molar-refractivity contribution in [3.05, 3.63) is 60.4 Å². The summed E-state index contributed by atoms with van der Waals surface area (Å²) in [4.78, 5) is 30.6. The Bertz CT molecular complexity index is 1100. The zero-order chi connectivity index (χ0) is 24.6. The highest BCUT2D eigenvalue weighted by Gasteiger charge is 2.18. The van der Waals surface area contributed by atoms with E-state index in [9.17, 15) is 0 Å².